The molecule has 0 radical (unpaired) electrons. The van der Waals surface area contributed by atoms with Crippen LogP contribution in [0.25, 0.3) is 0 Å². The lowest BCUT2D eigenvalue weighted by Crippen LogP contribution is -2.12. The molecule has 2 aromatic heterocycles. The molecule has 0 aliphatic rings. The SMILES string of the molecule is CC.CC.CCCC.NNc1nc(CO)ccc1CCCCCCc1cc(CCO)c(N)nc1CO. The number of nitrogens with two attached hydrogens (primary N) is 2. The Bertz CT molecular complexity index is 786. The van der Waals surface area contributed by atoms with E-state index >= 15 is 0 Å². The Morgan fingerprint density at radius 1 is 0.750 bits per heavy atom. The van der Waals surface area contributed by atoms with Crippen LogP contribution in [0.5, 0.6) is 0 Å². The Kier molecular flexibility index (Phi) is 24.4. The van der Waals surface area contributed by atoms with E-state index < -0.39 is 0 Å². The number of nitrogen functional groups attached to an aromatic ring is 2. The van der Waals surface area contributed by atoms with Crippen molar-refractivity contribution in [2.24, 2.45) is 5.84 Å². The van der Waals surface area contributed by atoms with Gasteiger partial charge < -0.3 is 26.5 Å². The molecule has 36 heavy (non-hydrogen) atoms. The maximum absolute atomic E-state index is 9.51. The lowest BCUT2D eigenvalue weighted by molar-refractivity contribution is 0.275. The fourth-order valence-corrected chi connectivity index (χ4v) is 3.26. The molecule has 0 saturated heterocycles. The van der Waals surface area contributed by atoms with Gasteiger partial charge >= 0.3 is 0 Å². The Labute approximate surface area is 219 Å². The van der Waals surface area contributed by atoms with Crippen LogP contribution < -0.4 is 17.0 Å². The van der Waals surface area contributed by atoms with Gasteiger partial charge in [-0.3, -0.25) is 0 Å². The van der Waals surface area contributed by atoms with Gasteiger partial charge in [-0.1, -0.05) is 79.4 Å². The van der Waals surface area contributed by atoms with Gasteiger partial charge in [0.2, 0.25) is 0 Å². The lowest BCUT2D eigenvalue weighted by Gasteiger charge is -2.12. The predicted octanol–water partition coefficient (Wildman–Crippen LogP) is 5.07. The minimum atomic E-state index is -0.134. The zero-order valence-corrected chi connectivity index (χ0v) is 23.6. The van der Waals surface area contributed by atoms with Crippen LogP contribution in [0.15, 0.2) is 18.2 Å². The van der Waals surface area contributed by atoms with Crippen LogP contribution in [-0.4, -0.2) is 31.9 Å². The van der Waals surface area contributed by atoms with Gasteiger partial charge in [-0.15, -0.1) is 0 Å². The number of hydrogen-bond donors (Lipinski definition) is 6. The van der Waals surface area contributed by atoms with Crippen molar-refractivity contribution in [1.29, 1.82) is 0 Å². The van der Waals surface area contributed by atoms with Gasteiger partial charge in [0.05, 0.1) is 24.6 Å². The summed E-state index contributed by atoms with van der Waals surface area (Å²) in [6.45, 7) is 12.1. The van der Waals surface area contributed by atoms with Crippen molar-refractivity contribution in [3.05, 3.63) is 46.3 Å². The number of pyridine rings is 2. The van der Waals surface area contributed by atoms with E-state index in [0.717, 1.165) is 55.2 Å². The van der Waals surface area contributed by atoms with Crippen molar-refractivity contribution in [1.82, 2.24) is 9.97 Å². The molecule has 0 bridgehead atoms. The van der Waals surface area contributed by atoms with Crippen LogP contribution in [0, 0.1) is 0 Å². The van der Waals surface area contributed by atoms with Crippen molar-refractivity contribution < 1.29 is 15.3 Å². The second-order valence-corrected chi connectivity index (χ2v) is 7.80. The number of aromatic nitrogens is 2. The smallest absolute Gasteiger partial charge is 0.143 e. The summed E-state index contributed by atoms with van der Waals surface area (Å²) in [7, 11) is 0. The number of nitrogens with one attached hydrogen (secondary N) is 1. The van der Waals surface area contributed by atoms with Gasteiger partial charge in [-0.25, -0.2) is 15.8 Å². The van der Waals surface area contributed by atoms with Crippen LogP contribution in [0.1, 0.15) is 108 Å². The van der Waals surface area contributed by atoms with E-state index in [1.165, 1.54) is 12.8 Å². The molecule has 0 saturated carbocycles. The fraction of sp³-hybridized carbons (Fsp3) is 0.643. The van der Waals surface area contributed by atoms with E-state index in [9.17, 15) is 5.11 Å². The molecule has 0 fully saturated rings. The number of anilines is 2. The van der Waals surface area contributed by atoms with Crippen molar-refractivity contribution >= 4 is 11.6 Å². The molecule has 0 spiro atoms. The van der Waals surface area contributed by atoms with Gasteiger partial charge in [0.25, 0.3) is 0 Å². The largest absolute Gasteiger partial charge is 0.396 e. The molecule has 2 rings (SSSR count). The molecule has 2 heterocycles. The first-order valence-electron chi connectivity index (χ1n) is 13.6. The Balaban J connectivity index is 0. The number of nitrogens with zero attached hydrogens (tertiary/aromatic N) is 2. The van der Waals surface area contributed by atoms with E-state index in [4.69, 9.17) is 21.8 Å². The van der Waals surface area contributed by atoms with Crippen molar-refractivity contribution in [2.75, 3.05) is 17.8 Å². The highest BCUT2D eigenvalue weighted by atomic mass is 16.3. The first-order chi connectivity index (χ1) is 17.5. The zero-order valence-electron chi connectivity index (χ0n) is 23.6. The third-order valence-corrected chi connectivity index (χ3v) is 5.31. The molecule has 8 nitrogen and oxygen atoms in total. The topological polar surface area (TPSA) is 151 Å². The summed E-state index contributed by atoms with van der Waals surface area (Å²) in [5.74, 6) is 6.51. The van der Waals surface area contributed by atoms with Crippen LogP contribution >= 0.6 is 0 Å². The van der Waals surface area contributed by atoms with Gasteiger partial charge in [-0.2, -0.15) is 0 Å². The average molecular weight is 508 g/mol. The Morgan fingerprint density at radius 3 is 1.81 bits per heavy atom. The highest BCUT2D eigenvalue weighted by molar-refractivity contribution is 5.44. The molecule has 0 aliphatic carbocycles. The minimum Gasteiger partial charge on any atom is -0.396 e. The summed E-state index contributed by atoms with van der Waals surface area (Å²) < 4.78 is 0. The molecule has 0 atom stereocenters. The maximum atomic E-state index is 9.51. The number of hydrogen-bond acceptors (Lipinski definition) is 8. The van der Waals surface area contributed by atoms with Crippen molar-refractivity contribution in [3.8, 4) is 0 Å². The number of hydrazine groups is 1. The van der Waals surface area contributed by atoms with Crippen LogP contribution in [0.3, 0.4) is 0 Å². The highest BCUT2D eigenvalue weighted by Gasteiger charge is 2.09. The predicted molar refractivity (Wildman–Crippen MR) is 152 cm³/mol. The minimum absolute atomic E-state index is 0.0254. The second-order valence-electron chi connectivity index (χ2n) is 7.80. The van der Waals surface area contributed by atoms with Crippen molar-refractivity contribution in [3.63, 3.8) is 0 Å². The molecular weight excluding hydrogens is 454 g/mol. The highest BCUT2D eigenvalue weighted by Crippen LogP contribution is 2.20. The van der Waals surface area contributed by atoms with Crippen LogP contribution in [-0.2, 0) is 32.5 Å². The van der Waals surface area contributed by atoms with E-state index in [-0.39, 0.29) is 19.8 Å². The van der Waals surface area contributed by atoms with Gasteiger partial charge in [-0.05, 0) is 54.9 Å². The van der Waals surface area contributed by atoms with Gasteiger partial charge in [0.15, 0.2) is 0 Å². The standard InChI is InChI=1S/C20H31N5O3.C4H10.2C2H6/c21-19-16(9-10-26)11-15(18(13-28)24-19)6-4-2-1-3-5-14-7-8-17(12-27)23-20(14)25-22;1-3-4-2;2*1-2/h7-8,11,26-28H,1-6,9-10,12-13,22H2,(H2,21,24)(H,23,25);3-4H2,1-2H3;2*1-2H3. The summed E-state index contributed by atoms with van der Waals surface area (Å²) in [4.78, 5) is 8.54. The van der Waals surface area contributed by atoms with Gasteiger partial charge in [0, 0.05) is 6.61 Å². The first-order valence-corrected chi connectivity index (χ1v) is 13.6. The van der Waals surface area contributed by atoms with Crippen LogP contribution in [0.4, 0.5) is 11.6 Å². The quantitative estimate of drug-likeness (QED) is 0.125. The number of rotatable bonds is 13. The van der Waals surface area contributed by atoms with E-state index in [1.54, 1.807) is 0 Å². The normalized spacial score (nSPS) is 9.72. The summed E-state index contributed by atoms with van der Waals surface area (Å²) in [5.41, 5.74) is 12.6. The Morgan fingerprint density at radius 2 is 1.33 bits per heavy atom. The first kappa shape index (κ1) is 35.9. The number of aliphatic hydroxyl groups excluding tert-OH is 3. The maximum Gasteiger partial charge on any atom is 0.143 e. The molecule has 0 aliphatic heterocycles. The Hall–Kier alpha value is -2.26. The molecular formula is C28H53N5O3. The lowest BCUT2D eigenvalue weighted by atomic mass is 10.0. The molecule has 8 heteroatoms. The van der Waals surface area contributed by atoms with Crippen molar-refractivity contribution in [2.45, 2.75) is 113 Å². The fourth-order valence-electron chi connectivity index (χ4n) is 3.26. The molecule has 0 aromatic carbocycles. The van der Waals surface area contributed by atoms with E-state index in [1.807, 2.05) is 45.9 Å². The summed E-state index contributed by atoms with van der Waals surface area (Å²) in [6.07, 6.45) is 8.91. The number of aliphatic hydroxyl groups is 3. The summed E-state index contributed by atoms with van der Waals surface area (Å²) >= 11 is 0. The third-order valence-electron chi connectivity index (χ3n) is 5.31. The molecule has 8 N–H and O–H groups in total. The molecule has 0 amide bonds. The summed E-state index contributed by atoms with van der Waals surface area (Å²) in [5, 5.41) is 27.8. The number of aryl methyl sites for hydroxylation is 2. The summed E-state index contributed by atoms with van der Waals surface area (Å²) in [6, 6.07) is 5.71. The van der Waals surface area contributed by atoms with E-state index in [0.29, 0.717) is 29.4 Å². The second kappa shape index (κ2) is 24.4. The average Bonchev–Trinajstić information content (AvgIpc) is 2.94. The van der Waals surface area contributed by atoms with Gasteiger partial charge in [0.1, 0.15) is 11.6 Å². The third kappa shape index (κ3) is 14.3. The number of unbranched alkanes of at least 4 members (excludes halogenated alkanes) is 4. The van der Waals surface area contributed by atoms with Crippen LogP contribution in [0.2, 0.25) is 0 Å². The zero-order chi connectivity index (χ0) is 27.8. The molecule has 0 unspecified atom stereocenters. The molecule has 2 aromatic rings. The monoisotopic (exact) mass is 507 g/mol. The van der Waals surface area contributed by atoms with E-state index in [2.05, 4.69) is 29.2 Å². The molecule has 208 valence electrons.